The van der Waals surface area contributed by atoms with E-state index in [1.807, 2.05) is 12.1 Å². The maximum Gasteiger partial charge on any atom is 1.00 e. The first-order chi connectivity index (χ1) is 13.1. The molecular formula is C22H25FNNaO3. The topological polar surface area (TPSA) is 52.6 Å². The van der Waals surface area contributed by atoms with Crippen molar-refractivity contribution in [3.05, 3.63) is 58.9 Å². The summed E-state index contributed by atoms with van der Waals surface area (Å²) in [4.78, 5) is 12.9. The number of para-hydroxylation sites is 1. The fourth-order valence-corrected chi connectivity index (χ4v) is 3.59. The third-order valence-corrected chi connectivity index (χ3v) is 4.88. The van der Waals surface area contributed by atoms with Crippen molar-refractivity contribution in [3.8, 4) is 5.75 Å². The zero-order valence-corrected chi connectivity index (χ0v) is 18.7. The molecule has 0 N–H and O–H groups in total. The number of benzene rings is 2. The monoisotopic (exact) mass is 393 g/mol. The molecule has 1 aliphatic rings. The first-order valence-electron chi connectivity index (χ1n) is 9.55. The summed E-state index contributed by atoms with van der Waals surface area (Å²) in [5.41, 5.74) is 3.57. The third kappa shape index (κ3) is 5.72. The summed E-state index contributed by atoms with van der Waals surface area (Å²) in [6, 6.07) is 11.0. The van der Waals surface area contributed by atoms with Crippen LogP contribution in [0, 0.1) is 5.82 Å². The predicted molar refractivity (Wildman–Crippen MR) is 101 cm³/mol. The van der Waals surface area contributed by atoms with Gasteiger partial charge in [-0.3, -0.25) is 0 Å². The minimum absolute atomic E-state index is 0. The second-order valence-electron chi connectivity index (χ2n) is 6.94. The van der Waals surface area contributed by atoms with Crippen molar-refractivity contribution >= 4 is 11.7 Å². The van der Waals surface area contributed by atoms with E-state index < -0.39 is 11.8 Å². The van der Waals surface area contributed by atoms with Gasteiger partial charge in [0, 0.05) is 19.1 Å². The molecule has 144 valence electrons. The molecule has 6 heteroatoms. The van der Waals surface area contributed by atoms with Crippen LogP contribution >= 0.6 is 0 Å². The average molecular weight is 393 g/mol. The minimum Gasteiger partial charge on any atom is -0.550 e. The number of rotatable bonds is 8. The Morgan fingerprint density at radius 1 is 1.29 bits per heavy atom. The number of carboxylic acid groups (broad SMARTS) is 1. The summed E-state index contributed by atoms with van der Waals surface area (Å²) in [7, 11) is 0. The van der Waals surface area contributed by atoms with Gasteiger partial charge in [-0.25, -0.2) is 4.39 Å². The molecule has 0 saturated carbocycles. The second kappa shape index (κ2) is 10.8. The van der Waals surface area contributed by atoms with Crippen LogP contribution in [-0.4, -0.2) is 19.1 Å². The van der Waals surface area contributed by atoms with Crippen molar-refractivity contribution in [1.29, 1.82) is 0 Å². The quantitative estimate of drug-likeness (QED) is 0.604. The summed E-state index contributed by atoms with van der Waals surface area (Å²) in [6.07, 6.45) is 3.22. The zero-order chi connectivity index (χ0) is 19.2. The van der Waals surface area contributed by atoms with Gasteiger partial charge in [-0.15, -0.1) is 0 Å². The number of ether oxygens (including phenoxy) is 1. The van der Waals surface area contributed by atoms with Gasteiger partial charge in [0.2, 0.25) is 0 Å². The number of carbonyl (C=O) groups excluding carboxylic acids is 1. The van der Waals surface area contributed by atoms with Crippen molar-refractivity contribution in [2.24, 2.45) is 0 Å². The summed E-state index contributed by atoms with van der Waals surface area (Å²) >= 11 is 0. The number of fused-ring (bicyclic) bond motifs is 1. The number of halogens is 1. The molecule has 0 saturated heterocycles. The molecule has 28 heavy (non-hydrogen) atoms. The normalized spacial score (nSPS) is 12.9. The van der Waals surface area contributed by atoms with E-state index in [-0.39, 0.29) is 49.0 Å². The van der Waals surface area contributed by atoms with E-state index in [1.165, 1.54) is 11.6 Å². The van der Waals surface area contributed by atoms with Crippen molar-refractivity contribution in [2.45, 2.75) is 45.6 Å². The molecule has 0 aromatic heterocycles. The number of aryl methyl sites for hydroxylation is 2. The van der Waals surface area contributed by atoms with Crippen LogP contribution in [0.25, 0.3) is 0 Å². The van der Waals surface area contributed by atoms with Crippen LogP contribution in [0.5, 0.6) is 5.75 Å². The van der Waals surface area contributed by atoms with Gasteiger partial charge in [0.05, 0.1) is 5.69 Å². The van der Waals surface area contributed by atoms with Crippen molar-refractivity contribution < 1.29 is 48.6 Å². The molecule has 4 nitrogen and oxygen atoms in total. The average Bonchev–Trinajstić information content (AvgIpc) is 2.66. The van der Waals surface area contributed by atoms with E-state index in [9.17, 15) is 14.3 Å². The van der Waals surface area contributed by atoms with Crippen LogP contribution < -0.4 is 44.3 Å². The van der Waals surface area contributed by atoms with Gasteiger partial charge in [0.15, 0.2) is 0 Å². The molecule has 0 spiro atoms. The Kier molecular flexibility index (Phi) is 8.80. The first-order valence-corrected chi connectivity index (χ1v) is 9.55. The summed E-state index contributed by atoms with van der Waals surface area (Å²) < 4.78 is 20.2. The third-order valence-electron chi connectivity index (χ3n) is 4.88. The molecule has 3 rings (SSSR count). The van der Waals surface area contributed by atoms with Crippen LogP contribution in [0.4, 0.5) is 10.1 Å². The number of nitrogens with zero attached hydrogens (tertiary/aromatic N) is 1. The Morgan fingerprint density at radius 3 is 2.82 bits per heavy atom. The van der Waals surface area contributed by atoms with Crippen LogP contribution in [0.3, 0.4) is 0 Å². The molecular weight excluding hydrogens is 368 g/mol. The van der Waals surface area contributed by atoms with E-state index in [1.54, 1.807) is 12.1 Å². The molecule has 0 bridgehead atoms. The smallest absolute Gasteiger partial charge is 0.550 e. The predicted octanol–water partition coefficient (Wildman–Crippen LogP) is 0.254. The van der Waals surface area contributed by atoms with Gasteiger partial charge in [0.1, 0.15) is 18.2 Å². The molecule has 1 heterocycles. The van der Waals surface area contributed by atoms with Crippen LogP contribution in [0.2, 0.25) is 0 Å². The molecule has 2 aromatic carbocycles. The Labute approximate surface area is 188 Å². The standard InChI is InChI=1S/C22H26FNO3.Na/c1-2-12-24-13-4-6-18-5-3-7-20(22(18)24)27-15-16-8-9-17(19(23)14-16)10-11-21(25)26;/h3,5,7-9,14H,2,4,6,10-13,15H2,1H3,(H,25,26);/q;+1/p-1. The molecule has 0 amide bonds. The second-order valence-corrected chi connectivity index (χ2v) is 6.94. The number of carbonyl (C=O) groups is 1. The summed E-state index contributed by atoms with van der Waals surface area (Å²) in [5.74, 6) is -0.741. The van der Waals surface area contributed by atoms with Crippen molar-refractivity contribution in [3.63, 3.8) is 0 Å². The SMILES string of the molecule is CCCN1CCCc2cccc(OCc3ccc(CCC(=O)[O-])c(F)c3)c21.[Na+]. The van der Waals surface area contributed by atoms with Crippen molar-refractivity contribution in [1.82, 2.24) is 0 Å². The number of hydrogen-bond donors (Lipinski definition) is 0. The van der Waals surface area contributed by atoms with Gasteiger partial charge in [-0.05, 0) is 60.9 Å². The van der Waals surface area contributed by atoms with Gasteiger partial charge >= 0.3 is 29.6 Å². The van der Waals surface area contributed by atoms with Gasteiger partial charge in [0.25, 0.3) is 0 Å². The number of anilines is 1. The largest absolute Gasteiger partial charge is 1.00 e. The van der Waals surface area contributed by atoms with E-state index in [2.05, 4.69) is 17.9 Å². The minimum atomic E-state index is -1.17. The number of hydrogen-bond acceptors (Lipinski definition) is 4. The van der Waals surface area contributed by atoms with E-state index in [0.717, 1.165) is 49.4 Å². The number of aliphatic carboxylic acids is 1. The zero-order valence-electron chi connectivity index (χ0n) is 16.7. The van der Waals surface area contributed by atoms with Crippen molar-refractivity contribution in [2.75, 3.05) is 18.0 Å². The Bertz CT molecular complexity index is 812. The van der Waals surface area contributed by atoms with E-state index in [0.29, 0.717) is 5.56 Å². The maximum atomic E-state index is 14.2. The molecule has 2 aromatic rings. The van der Waals surface area contributed by atoms with Crippen LogP contribution in [-0.2, 0) is 24.2 Å². The Hall–Kier alpha value is -1.56. The molecule has 1 aliphatic heterocycles. The van der Waals surface area contributed by atoms with Gasteiger partial charge in [-0.1, -0.05) is 31.2 Å². The molecule has 0 unspecified atom stereocenters. The van der Waals surface area contributed by atoms with Crippen LogP contribution in [0.1, 0.15) is 42.9 Å². The molecule has 0 aliphatic carbocycles. The molecule has 0 atom stereocenters. The Morgan fingerprint density at radius 2 is 2.11 bits per heavy atom. The summed E-state index contributed by atoms with van der Waals surface area (Å²) in [6.45, 7) is 4.47. The van der Waals surface area contributed by atoms with Crippen LogP contribution in [0.15, 0.2) is 36.4 Å². The fraction of sp³-hybridized carbons (Fsp3) is 0.409. The fourth-order valence-electron chi connectivity index (χ4n) is 3.59. The molecule has 0 fully saturated rings. The Balaban J connectivity index is 0.00000280. The molecule has 0 radical (unpaired) electrons. The van der Waals surface area contributed by atoms with E-state index in [4.69, 9.17) is 4.74 Å². The maximum absolute atomic E-state index is 14.2. The van der Waals surface area contributed by atoms with Gasteiger partial charge in [-0.2, -0.15) is 0 Å². The number of carboxylic acids is 1. The van der Waals surface area contributed by atoms with Gasteiger partial charge < -0.3 is 19.5 Å². The first kappa shape index (κ1) is 22.7. The summed E-state index contributed by atoms with van der Waals surface area (Å²) in [5, 5.41) is 10.5. The van der Waals surface area contributed by atoms with E-state index >= 15 is 0 Å².